The summed E-state index contributed by atoms with van der Waals surface area (Å²) in [5, 5.41) is 0.316. The van der Waals surface area contributed by atoms with E-state index in [0.29, 0.717) is 5.69 Å². The van der Waals surface area contributed by atoms with Gasteiger partial charge in [-0.2, -0.15) is 0 Å². The highest BCUT2D eigenvalue weighted by atomic mass is 35.5. The topological polar surface area (TPSA) is 42.9 Å². The van der Waals surface area contributed by atoms with Gasteiger partial charge in [0.05, 0.1) is 5.69 Å². The number of hydrogen-bond donors (Lipinski definition) is 0. The second-order valence-corrected chi connectivity index (χ2v) is 2.55. The summed E-state index contributed by atoms with van der Waals surface area (Å²) in [5.74, 6) is 0. The van der Waals surface area contributed by atoms with Crippen molar-refractivity contribution in [1.82, 2.24) is 9.97 Å². The van der Waals surface area contributed by atoms with E-state index in [1.807, 2.05) is 0 Å². The van der Waals surface area contributed by atoms with Gasteiger partial charge in [0.25, 0.3) is 0 Å². The number of carbonyl (C=O) groups is 1. The highest BCUT2D eigenvalue weighted by molar-refractivity contribution is 6.31. The molecule has 0 saturated heterocycles. The van der Waals surface area contributed by atoms with E-state index < -0.39 is 0 Å². The van der Waals surface area contributed by atoms with Crippen molar-refractivity contribution in [3.63, 3.8) is 0 Å². The molecule has 0 aliphatic heterocycles. The highest BCUT2D eigenvalue weighted by Crippen LogP contribution is 2.10. The normalized spacial score (nSPS) is 9.64. The SMILES string of the molecule is O=CCc1cc(Cl)nc(Cl)n1. The number of rotatable bonds is 2. The van der Waals surface area contributed by atoms with Gasteiger partial charge >= 0.3 is 0 Å². The van der Waals surface area contributed by atoms with Crippen molar-refractivity contribution in [2.75, 3.05) is 0 Å². The summed E-state index contributed by atoms with van der Waals surface area (Å²) in [4.78, 5) is 17.4. The highest BCUT2D eigenvalue weighted by Gasteiger charge is 1.99. The summed E-state index contributed by atoms with van der Waals surface area (Å²) in [6.45, 7) is 0. The third-order valence-electron chi connectivity index (χ3n) is 1.01. The van der Waals surface area contributed by atoms with Gasteiger partial charge in [0.15, 0.2) is 0 Å². The first kappa shape index (κ1) is 8.43. The number of halogens is 2. The van der Waals surface area contributed by atoms with Gasteiger partial charge in [0.1, 0.15) is 11.4 Å². The molecule has 5 heteroatoms. The van der Waals surface area contributed by atoms with Crippen LogP contribution >= 0.6 is 23.2 Å². The van der Waals surface area contributed by atoms with Crippen LogP contribution in [0.25, 0.3) is 0 Å². The molecule has 0 saturated carbocycles. The minimum atomic E-state index is 0.0642. The van der Waals surface area contributed by atoms with Gasteiger partial charge in [-0.1, -0.05) is 11.6 Å². The molecule has 0 amide bonds. The molecule has 0 aliphatic rings. The summed E-state index contributed by atoms with van der Waals surface area (Å²) < 4.78 is 0. The third kappa shape index (κ3) is 2.44. The smallest absolute Gasteiger partial charge is 0.224 e. The molecule has 1 aromatic heterocycles. The van der Waals surface area contributed by atoms with Crippen LogP contribution in [-0.2, 0) is 11.2 Å². The predicted octanol–water partition coefficient (Wildman–Crippen LogP) is 1.52. The Hall–Kier alpha value is -0.670. The van der Waals surface area contributed by atoms with E-state index in [1.54, 1.807) is 0 Å². The number of aromatic nitrogens is 2. The van der Waals surface area contributed by atoms with Gasteiger partial charge in [0, 0.05) is 6.42 Å². The maximum Gasteiger partial charge on any atom is 0.224 e. The Morgan fingerprint density at radius 2 is 2.18 bits per heavy atom. The molecule has 0 unspecified atom stereocenters. The zero-order valence-electron chi connectivity index (χ0n) is 5.42. The van der Waals surface area contributed by atoms with Crippen LogP contribution in [0.15, 0.2) is 6.07 Å². The maximum atomic E-state index is 10.1. The van der Waals surface area contributed by atoms with Gasteiger partial charge in [-0.25, -0.2) is 9.97 Å². The van der Waals surface area contributed by atoms with E-state index in [-0.39, 0.29) is 16.9 Å². The molecule has 0 aliphatic carbocycles. The number of aldehydes is 1. The number of hydrogen-bond acceptors (Lipinski definition) is 3. The van der Waals surface area contributed by atoms with Crippen molar-refractivity contribution in [3.8, 4) is 0 Å². The summed E-state index contributed by atoms with van der Waals surface area (Å²) in [6, 6.07) is 1.50. The van der Waals surface area contributed by atoms with Crippen molar-refractivity contribution >= 4 is 29.5 Å². The Kier molecular flexibility index (Phi) is 2.79. The lowest BCUT2D eigenvalue weighted by molar-refractivity contribution is -0.107. The van der Waals surface area contributed by atoms with Gasteiger partial charge < -0.3 is 4.79 Å². The summed E-state index contributed by atoms with van der Waals surface area (Å²) in [7, 11) is 0. The average Bonchev–Trinajstić information content (AvgIpc) is 1.85. The van der Waals surface area contributed by atoms with E-state index in [0.717, 1.165) is 6.29 Å². The van der Waals surface area contributed by atoms with Gasteiger partial charge in [-0.05, 0) is 17.7 Å². The minimum absolute atomic E-state index is 0.0642. The lowest BCUT2D eigenvalue weighted by Gasteiger charge is -1.95. The van der Waals surface area contributed by atoms with Crippen LogP contribution in [-0.4, -0.2) is 16.3 Å². The van der Waals surface area contributed by atoms with Crippen LogP contribution < -0.4 is 0 Å². The summed E-state index contributed by atoms with van der Waals surface area (Å²) >= 11 is 11.0. The lowest BCUT2D eigenvalue weighted by atomic mass is 10.3. The molecule has 0 N–H and O–H groups in total. The van der Waals surface area contributed by atoms with Crippen molar-refractivity contribution in [2.45, 2.75) is 6.42 Å². The van der Waals surface area contributed by atoms with Crippen molar-refractivity contribution in [3.05, 3.63) is 22.2 Å². The zero-order chi connectivity index (χ0) is 8.27. The van der Waals surface area contributed by atoms with E-state index in [2.05, 4.69) is 9.97 Å². The monoisotopic (exact) mass is 190 g/mol. The van der Waals surface area contributed by atoms with Gasteiger partial charge in [-0.15, -0.1) is 0 Å². The Morgan fingerprint density at radius 3 is 2.73 bits per heavy atom. The van der Waals surface area contributed by atoms with Gasteiger partial charge in [-0.3, -0.25) is 0 Å². The molecule has 1 heterocycles. The van der Waals surface area contributed by atoms with E-state index in [4.69, 9.17) is 23.2 Å². The largest absolute Gasteiger partial charge is 0.303 e. The summed E-state index contributed by atoms with van der Waals surface area (Å²) in [6.07, 6.45) is 0.941. The second-order valence-electron chi connectivity index (χ2n) is 1.82. The van der Waals surface area contributed by atoms with E-state index >= 15 is 0 Å². The van der Waals surface area contributed by atoms with Crippen molar-refractivity contribution < 1.29 is 4.79 Å². The molecule has 1 aromatic rings. The first-order valence-corrected chi connectivity index (χ1v) is 3.60. The van der Waals surface area contributed by atoms with Crippen LogP contribution in [0.5, 0.6) is 0 Å². The average molecular weight is 191 g/mol. The molecule has 0 bridgehead atoms. The number of carbonyl (C=O) groups excluding carboxylic acids is 1. The first-order chi connectivity index (χ1) is 5.22. The third-order valence-corrected chi connectivity index (χ3v) is 1.38. The second kappa shape index (κ2) is 3.64. The molecule has 11 heavy (non-hydrogen) atoms. The van der Waals surface area contributed by atoms with Gasteiger partial charge in [0.2, 0.25) is 5.28 Å². The van der Waals surface area contributed by atoms with E-state index in [1.165, 1.54) is 6.07 Å². The van der Waals surface area contributed by atoms with Crippen LogP contribution in [0.4, 0.5) is 0 Å². The Morgan fingerprint density at radius 1 is 1.45 bits per heavy atom. The molecular weight excluding hydrogens is 187 g/mol. The fraction of sp³-hybridized carbons (Fsp3) is 0.167. The molecule has 58 valence electrons. The molecule has 0 spiro atoms. The maximum absolute atomic E-state index is 10.1. The molecule has 1 rings (SSSR count). The molecule has 3 nitrogen and oxygen atoms in total. The summed E-state index contributed by atoms with van der Waals surface area (Å²) in [5.41, 5.74) is 0.532. The predicted molar refractivity (Wildman–Crippen MR) is 41.8 cm³/mol. The zero-order valence-corrected chi connectivity index (χ0v) is 6.93. The fourth-order valence-electron chi connectivity index (χ4n) is 0.624. The van der Waals surface area contributed by atoms with Crippen LogP contribution in [0.3, 0.4) is 0 Å². The molecule has 0 aromatic carbocycles. The fourth-order valence-corrected chi connectivity index (χ4v) is 1.07. The quantitative estimate of drug-likeness (QED) is 0.404. The first-order valence-electron chi connectivity index (χ1n) is 2.85. The van der Waals surface area contributed by atoms with Crippen LogP contribution in [0.2, 0.25) is 10.4 Å². The van der Waals surface area contributed by atoms with Crippen LogP contribution in [0.1, 0.15) is 5.69 Å². The molecule has 0 atom stereocenters. The van der Waals surface area contributed by atoms with Crippen molar-refractivity contribution in [1.29, 1.82) is 0 Å². The number of nitrogens with zero attached hydrogens (tertiary/aromatic N) is 2. The minimum Gasteiger partial charge on any atom is -0.303 e. The lowest BCUT2D eigenvalue weighted by Crippen LogP contribution is -1.93. The Bertz CT molecular complexity index is 257. The molecular formula is C6H4Cl2N2O. The van der Waals surface area contributed by atoms with Crippen LogP contribution in [0, 0.1) is 0 Å². The Balaban J connectivity index is 2.98. The molecule has 0 radical (unpaired) electrons. The molecule has 0 fully saturated rings. The van der Waals surface area contributed by atoms with Crippen molar-refractivity contribution in [2.24, 2.45) is 0 Å². The Labute approximate surface area is 73.4 Å². The van der Waals surface area contributed by atoms with E-state index in [9.17, 15) is 4.79 Å². The standard InChI is InChI=1S/C6H4Cl2N2O/c7-5-3-4(1-2-11)9-6(8)10-5/h2-3H,1H2.